The predicted octanol–water partition coefficient (Wildman–Crippen LogP) is 1.33. The van der Waals surface area contributed by atoms with Crippen molar-refractivity contribution in [1.82, 2.24) is 19.8 Å². The number of hydrogen-bond donors (Lipinski definition) is 2. The van der Waals surface area contributed by atoms with Crippen molar-refractivity contribution in [2.24, 2.45) is 0 Å². The van der Waals surface area contributed by atoms with Crippen molar-refractivity contribution in [3.63, 3.8) is 0 Å². The Hall–Kier alpha value is -2.15. The zero-order chi connectivity index (χ0) is 12.0. The summed E-state index contributed by atoms with van der Waals surface area (Å²) in [5.41, 5.74) is 14.1. The minimum atomic E-state index is 0.470. The van der Waals surface area contributed by atoms with Crippen LogP contribution in [0.25, 0.3) is 16.3 Å². The van der Waals surface area contributed by atoms with E-state index < -0.39 is 0 Å². The Labute approximate surface area is 101 Å². The van der Waals surface area contributed by atoms with Crippen LogP contribution in [0.4, 0.5) is 10.8 Å². The second kappa shape index (κ2) is 3.42. The fourth-order valence-corrected chi connectivity index (χ4v) is 2.30. The van der Waals surface area contributed by atoms with Crippen molar-refractivity contribution in [3.8, 4) is 11.4 Å². The van der Waals surface area contributed by atoms with Gasteiger partial charge in [-0.3, -0.25) is 0 Å². The van der Waals surface area contributed by atoms with E-state index >= 15 is 0 Å². The largest absolute Gasteiger partial charge is 0.398 e. The van der Waals surface area contributed by atoms with E-state index in [0.29, 0.717) is 15.9 Å². The Morgan fingerprint density at radius 2 is 2.06 bits per heavy atom. The molecule has 4 N–H and O–H groups in total. The molecular weight excluding hydrogens is 236 g/mol. The third kappa shape index (κ3) is 1.43. The maximum absolute atomic E-state index is 5.88. The number of anilines is 2. The molecule has 0 aliphatic carbocycles. The number of benzene rings is 1. The molecule has 3 rings (SSSR count). The minimum Gasteiger partial charge on any atom is -0.398 e. The molecule has 0 radical (unpaired) electrons. The number of nitrogen functional groups attached to an aromatic ring is 2. The van der Waals surface area contributed by atoms with Crippen LogP contribution in [0.2, 0.25) is 0 Å². The first kappa shape index (κ1) is 10.0. The predicted molar refractivity (Wildman–Crippen MR) is 67.7 cm³/mol. The van der Waals surface area contributed by atoms with Gasteiger partial charge in [0.15, 0.2) is 5.82 Å². The average Bonchev–Trinajstić information content (AvgIpc) is 2.81. The van der Waals surface area contributed by atoms with E-state index in [1.807, 2.05) is 25.1 Å². The summed E-state index contributed by atoms with van der Waals surface area (Å²) in [6.07, 6.45) is 0. The van der Waals surface area contributed by atoms with E-state index in [-0.39, 0.29) is 0 Å². The Kier molecular flexibility index (Phi) is 2.02. The van der Waals surface area contributed by atoms with Gasteiger partial charge < -0.3 is 11.5 Å². The molecule has 1 aromatic carbocycles. The fourth-order valence-electron chi connectivity index (χ4n) is 1.70. The molecule has 0 spiro atoms. The zero-order valence-corrected chi connectivity index (χ0v) is 9.90. The van der Waals surface area contributed by atoms with Gasteiger partial charge in [-0.05, 0) is 18.6 Å². The number of nitrogens with zero attached hydrogens (tertiary/aromatic N) is 4. The van der Waals surface area contributed by atoms with Gasteiger partial charge >= 0.3 is 0 Å². The normalized spacial score (nSPS) is 11.1. The van der Waals surface area contributed by atoms with Gasteiger partial charge in [-0.25, -0.2) is 0 Å². The van der Waals surface area contributed by atoms with E-state index in [1.165, 1.54) is 11.3 Å². The lowest BCUT2D eigenvalue weighted by Gasteiger charge is -2.04. The van der Waals surface area contributed by atoms with Crippen LogP contribution in [-0.4, -0.2) is 19.8 Å². The van der Waals surface area contributed by atoms with Crippen LogP contribution in [0, 0.1) is 6.92 Å². The van der Waals surface area contributed by atoms with Gasteiger partial charge in [0.25, 0.3) is 0 Å². The number of hydrogen-bond acceptors (Lipinski definition) is 6. The van der Waals surface area contributed by atoms with Crippen molar-refractivity contribution in [3.05, 3.63) is 23.8 Å². The molecule has 0 unspecified atom stereocenters. The molecule has 2 aromatic heterocycles. The molecule has 7 heteroatoms. The highest BCUT2D eigenvalue weighted by molar-refractivity contribution is 7.20. The molecule has 0 atom stereocenters. The molecular formula is C10H10N6S. The average molecular weight is 246 g/mol. The second-order valence-electron chi connectivity index (χ2n) is 3.68. The van der Waals surface area contributed by atoms with Crippen LogP contribution in [0.15, 0.2) is 18.2 Å². The topological polar surface area (TPSA) is 95.1 Å². The minimum absolute atomic E-state index is 0.470. The summed E-state index contributed by atoms with van der Waals surface area (Å²) < 4.78 is 1.64. The van der Waals surface area contributed by atoms with Gasteiger partial charge in [0.1, 0.15) is 0 Å². The zero-order valence-electron chi connectivity index (χ0n) is 9.08. The molecule has 3 aromatic rings. The molecule has 0 saturated carbocycles. The summed E-state index contributed by atoms with van der Waals surface area (Å²) in [7, 11) is 0. The third-order valence-corrected chi connectivity index (χ3v) is 3.35. The second-order valence-corrected chi connectivity index (χ2v) is 4.67. The van der Waals surface area contributed by atoms with Crippen molar-refractivity contribution in [2.75, 3.05) is 11.5 Å². The molecule has 6 nitrogen and oxygen atoms in total. The number of rotatable bonds is 1. The van der Waals surface area contributed by atoms with Gasteiger partial charge in [-0.2, -0.15) is 4.52 Å². The first-order valence-corrected chi connectivity index (χ1v) is 5.81. The molecule has 17 heavy (non-hydrogen) atoms. The van der Waals surface area contributed by atoms with Crippen molar-refractivity contribution >= 4 is 27.1 Å². The first-order chi connectivity index (χ1) is 8.16. The SMILES string of the molecule is Cc1c(N)cccc1-c1nnc2sc(N)nn12. The molecule has 0 fully saturated rings. The maximum atomic E-state index is 5.88. The number of aromatic nitrogens is 4. The van der Waals surface area contributed by atoms with Gasteiger partial charge in [0.2, 0.25) is 10.1 Å². The van der Waals surface area contributed by atoms with Crippen LogP contribution >= 0.6 is 11.3 Å². The van der Waals surface area contributed by atoms with Crippen LogP contribution in [-0.2, 0) is 0 Å². The van der Waals surface area contributed by atoms with E-state index in [9.17, 15) is 0 Å². The lowest BCUT2D eigenvalue weighted by Crippen LogP contribution is -1.97. The summed E-state index contributed by atoms with van der Waals surface area (Å²) in [6, 6.07) is 5.68. The monoisotopic (exact) mass is 246 g/mol. The summed E-state index contributed by atoms with van der Waals surface area (Å²) in [4.78, 5) is 0.680. The van der Waals surface area contributed by atoms with Gasteiger partial charge in [-0.1, -0.05) is 23.5 Å². The number of nitrogens with two attached hydrogens (primary N) is 2. The molecule has 2 heterocycles. The summed E-state index contributed by atoms with van der Waals surface area (Å²) in [5, 5.41) is 12.8. The highest BCUT2D eigenvalue weighted by Crippen LogP contribution is 2.27. The molecule has 0 aliphatic heterocycles. The van der Waals surface area contributed by atoms with Crippen LogP contribution in [0.3, 0.4) is 0 Å². The van der Waals surface area contributed by atoms with Crippen LogP contribution in [0.1, 0.15) is 5.56 Å². The highest BCUT2D eigenvalue weighted by Gasteiger charge is 2.14. The third-order valence-electron chi connectivity index (χ3n) is 2.62. The Morgan fingerprint density at radius 1 is 1.24 bits per heavy atom. The van der Waals surface area contributed by atoms with Crippen LogP contribution in [0.5, 0.6) is 0 Å². The quantitative estimate of drug-likeness (QED) is 0.631. The van der Waals surface area contributed by atoms with Crippen molar-refractivity contribution in [2.45, 2.75) is 6.92 Å². The molecule has 0 amide bonds. The lowest BCUT2D eigenvalue weighted by molar-refractivity contribution is 0.971. The fraction of sp³-hybridized carbons (Fsp3) is 0.100. The van der Waals surface area contributed by atoms with Gasteiger partial charge in [0.05, 0.1) is 0 Å². The summed E-state index contributed by atoms with van der Waals surface area (Å²) in [5.74, 6) is 0.665. The van der Waals surface area contributed by atoms with Crippen LogP contribution < -0.4 is 11.5 Å². The summed E-state index contributed by atoms with van der Waals surface area (Å²) >= 11 is 1.30. The van der Waals surface area contributed by atoms with E-state index in [2.05, 4.69) is 15.3 Å². The van der Waals surface area contributed by atoms with E-state index in [4.69, 9.17) is 11.5 Å². The van der Waals surface area contributed by atoms with Crippen molar-refractivity contribution in [1.29, 1.82) is 0 Å². The molecule has 0 bridgehead atoms. The molecule has 0 saturated heterocycles. The Morgan fingerprint density at radius 3 is 2.88 bits per heavy atom. The van der Waals surface area contributed by atoms with Crippen molar-refractivity contribution < 1.29 is 0 Å². The van der Waals surface area contributed by atoms with Gasteiger partial charge in [-0.15, -0.1) is 15.3 Å². The smallest absolute Gasteiger partial charge is 0.236 e. The number of fused-ring (bicyclic) bond motifs is 1. The molecule has 86 valence electrons. The standard InChI is InChI=1S/C10H10N6S/c1-5-6(3-2-4-7(5)11)8-13-14-10-16(8)15-9(12)17-10/h2-4H,11H2,1H3,(H2,12,15). The summed E-state index contributed by atoms with van der Waals surface area (Å²) in [6.45, 7) is 1.95. The maximum Gasteiger partial charge on any atom is 0.236 e. The van der Waals surface area contributed by atoms with Gasteiger partial charge in [0, 0.05) is 11.3 Å². The lowest BCUT2D eigenvalue weighted by atomic mass is 10.1. The Bertz CT molecular complexity index is 698. The van der Waals surface area contributed by atoms with E-state index in [1.54, 1.807) is 4.52 Å². The first-order valence-electron chi connectivity index (χ1n) is 5.00. The van der Waals surface area contributed by atoms with E-state index in [0.717, 1.165) is 16.8 Å². The Balaban J connectivity index is 2.30. The highest BCUT2D eigenvalue weighted by atomic mass is 32.1. The molecule has 0 aliphatic rings.